The largest absolute Gasteiger partial charge is 0.427 e. The van der Waals surface area contributed by atoms with E-state index in [0.29, 0.717) is 11.3 Å². The summed E-state index contributed by atoms with van der Waals surface area (Å²) in [5.41, 5.74) is 0.541. The Kier molecular flexibility index (Phi) is 2.58. The SMILES string of the molecule is [CH2]C(=O)Oc1ccc(C=O)cc1. The molecule has 61 valence electrons. The number of hydrogen-bond donors (Lipinski definition) is 0. The van der Waals surface area contributed by atoms with Crippen LogP contribution in [0.5, 0.6) is 5.75 Å². The molecule has 1 aromatic carbocycles. The minimum atomic E-state index is -0.617. The van der Waals surface area contributed by atoms with Crippen LogP contribution in [0.1, 0.15) is 10.4 Å². The first-order chi connectivity index (χ1) is 5.72. The van der Waals surface area contributed by atoms with Gasteiger partial charge in [-0.1, -0.05) is 0 Å². The summed E-state index contributed by atoms with van der Waals surface area (Å²) in [7, 11) is 0. The molecule has 0 bridgehead atoms. The molecule has 0 saturated carbocycles. The number of esters is 1. The van der Waals surface area contributed by atoms with E-state index < -0.39 is 5.97 Å². The summed E-state index contributed by atoms with van der Waals surface area (Å²) in [6.45, 7) is 3.05. The third kappa shape index (κ3) is 2.20. The Hall–Kier alpha value is -1.64. The predicted molar refractivity (Wildman–Crippen MR) is 42.8 cm³/mol. The summed E-state index contributed by atoms with van der Waals surface area (Å²) in [5.74, 6) is -0.227. The number of hydrogen-bond acceptors (Lipinski definition) is 3. The average Bonchev–Trinajstić information content (AvgIpc) is 2.05. The van der Waals surface area contributed by atoms with Gasteiger partial charge in [-0.05, 0) is 24.3 Å². The van der Waals surface area contributed by atoms with Crippen LogP contribution in [0.3, 0.4) is 0 Å². The predicted octanol–water partition coefficient (Wildman–Crippen LogP) is 1.24. The van der Waals surface area contributed by atoms with Crippen LogP contribution in [0.4, 0.5) is 0 Å². The van der Waals surface area contributed by atoms with E-state index >= 15 is 0 Å². The van der Waals surface area contributed by atoms with Crippen molar-refractivity contribution in [1.82, 2.24) is 0 Å². The third-order valence-corrected chi connectivity index (χ3v) is 1.25. The van der Waals surface area contributed by atoms with Gasteiger partial charge in [-0.25, -0.2) is 0 Å². The van der Waals surface area contributed by atoms with Gasteiger partial charge in [-0.2, -0.15) is 0 Å². The van der Waals surface area contributed by atoms with E-state index in [4.69, 9.17) is 0 Å². The highest BCUT2D eigenvalue weighted by molar-refractivity contribution is 5.77. The van der Waals surface area contributed by atoms with Crippen molar-refractivity contribution in [2.45, 2.75) is 0 Å². The number of aldehydes is 1. The van der Waals surface area contributed by atoms with Gasteiger partial charge in [0.05, 0.1) is 6.92 Å². The van der Waals surface area contributed by atoms with Gasteiger partial charge in [0, 0.05) is 5.56 Å². The summed E-state index contributed by atoms with van der Waals surface area (Å²) >= 11 is 0. The number of benzene rings is 1. The fourth-order valence-corrected chi connectivity index (χ4v) is 0.746. The standard InChI is InChI=1S/C9H7O3/c1-7(11)12-9-4-2-8(6-10)3-5-9/h2-6H,1H2. The van der Waals surface area contributed by atoms with Crippen LogP contribution in [0.15, 0.2) is 24.3 Å². The van der Waals surface area contributed by atoms with Gasteiger partial charge < -0.3 is 4.74 Å². The first-order valence-corrected chi connectivity index (χ1v) is 3.31. The van der Waals surface area contributed by atoms with Crippen molar-refractivity contribution in [3.63, 3.8) is 0 Å². The zero-order valence-corrected chi connectivity index (χ0v) is 6.32. The fourth-order valence-electron chi connectivity index (χ4n) is 0.746. The van der Waals surface area contributed by atoms with E-state index in [1.165, 1.54) is 12.1 Å². The van der Waals surface area contributed by atoms with E-state index in [1.807, 2.05) is 0 Å². The molecule has 0 amide bonds. The van der Waals surface area contributed by atoms with Crippen molar-refractivity contribution in [3.8, 4) is 5.75 Å². The lowest BCUT2D eigenvalue weighted by Crippen LogP contribution is -2.01. The van der Waals surface area contributed by atoms with Crippen molar-refractivity contribution >= 4 is 12.3 Å². The van der Waals surface area contributed by atoms with Crippen LogP contribution in [-0.4, -0.2) is 12.3 Å². The molecule has 0 aliphatic carbocycles. The molecule has 12 heavy (non-hydrogen) atoms. The lowest BCUT2D eigenvalue weighted by atomic mass is 10.2. The Morgan fingerprint density at radius 3 is 2.33 bits per heavy atom. The maximum Gasteiger partial charge on any atom is 0.311 e. The molecular formula is C9H7O3. The second-order valence-corrected chi connectivity index (χ2v) is 2.16. The van der Waals surface area contributed by atoms with Gasteiger partial charge in [0.2, 0.25) is 0 Å². The van der Waals surface area contributed by atoms with Gasteiger partial charge >= 0.3 is 5.97 Å². The minimum absolute atomic E-state index is 0.389. The summed E-state index contributed by atoms with van der Waals surface area (Å²) in [4.78, 5) is 20.6. The highest BCUT2D eigenvalue weighted by Crippen LogP contribution is 2.10. The maximum absolute atomic E-state index is 10.4. The molecule has 0 N–H and O–H groups in total. The molecule has 1 aromatic rings. The molecule has 3 heteroatoms. The maximum atomic E-state index is 10.4. The van der Waals surface area contributed by atoms with Crippen LogP contribution >= 0.6 is 0 Å². The van der Waals surface area contributed by atoms with E-state index in [-0.39, 0.29) is 0 Å². The quantitative estimate of drug-likeness (QED) is 0.374. The Bertz CT molecular complexity index is 287. The Balaban J connectivity index is 2.77. The fraction of sp³-hybridized carbons (Fsp3) is 0. The second kappa shape index (κ2) is 3.67. The minimum Gasteiger partial charge on any atom is -0.427 e. The van der Waals surface area contributed by atoms with Gasteiger partial charge in [-0.15, -0.1) is 0 Å². The molecule has 0 aromatic heterocycles. The van der Waals surface area contributed by atoms with E-state index in [9.17, 15) is 9.59 Å². The van der Waals surface area contributed by atoms with Gasteiger partial charge in [0.15, 0.2) is 0 Å². The molecule has 1 rings (SSSR count). The molecule has 3 nitrogen and oxygen atoms in total. The van der Waals surface area contributed by atoms with E-state index in [2.05, 4.69) is 11.7 Å². The number of carbonyl (C=O) groups excluding carboxylic acids is 2. The van der Waals surface area contributed by atoms with Crippen molar-refractivity contribution in [1.29, 1.82) is 0 Å². The Labute approximate surface area is 70.0 Å². The van der Waals surface area contributed by atoms with Crippen LogP contribution in [-0.2, 0) is 4.79 Å². The van der Waals surface area contributed by atoms with Crippen molar-refractivity contribution in [2.24, 2.45) is 0 Å². The van der Waals surface area contributed by atoms with Crippen molar-refractivity contribution in [2.75, 3.05) is 0 Å². The number of rotatable bonds is 2. The molecule has 0 spiro atoms. The molecule has 0 unspecified atom stereocenters. The third-order valence-electron chi connectivity index (χ3n) is 1.25. The summed E-state index contributed by atoms with van der Waals surface area (Å²) in [6.07, 6.45) is 0.718. The summed E-state index contributed by atoms with van der Waals surface area (Å²) < 4.78 is 4.65. The van der Waals surface area contributed by atoms with Crippen LogP contribution < -0.4 is 4.74 Å². The second-order valence-electron chi connectivity index (χ2n) is 2.16. The van der Waals surface area contributed by atoms with Crippen molar-refractivity contribution in [3.05, 3.63) is 36.8 Å². The Morgan fingerprint density at radius 2 is 1.92 bits per heavy atom. The smallest absolute Gasteiger partial charge is 0.311 e. The van der Waals surface area contributed by atoms with Crippen LogP contribution in [0.25, 0.3) is 0 Å². The van der Waals surface area contributed by atoms with E-state index in [1.54, 1.807) is 12.1 Å². The highest BCUT2D eigenvalue weighted by atomic mass is 16.5. The Morgan fingerprint density at radius 1 is 1.33 bits per heavy atom. The molecule has 0 saturated heterocycles. The van der Waals surface area contributed by atoms with Gasteiger partial charge in [0.1, 0.15) is 12.0 Å². The number of ether oxygens (including phenoxy) is 1. The zero-order valence-electron chi connectivity index (χ0n) is 6.32. The van der Waals surface area contributed by atoms with Crippen LogP contribution in [0, 0.1) is 6.92 Å². The molecular weight excluding hydrogens is 156 g/mol. The molecule has 0 atom stereocenters. The summed E-state index contributed by atoms with van der Waals surface area (Å²) in [6, 6.07) is 6.19. The molecule has 1 radical (unpaired) electrons. The molecule has 0 heterocycles. The lowest BCUT2D eigenvalue weighted by Gasteiger charge is -1.99. The zero-order chi connectivity index (χ0) is 8.97. The number of carbonyl (C=O) groups is 2. The van der Waals surface area contributed by atoms with Gasteiger partial charge in [-0.3, -0.25) is 9.59 Å². The monoisotopic (exact) mass is 163 g/mol. The molecule has 0 aliphatic heterocycles. The van der Waals surface area contributed by atoms with Crippen LogP contribution in [0.2, 0.25) is 0 Å². The highest BCUT2D eigenvalue weighted by Gasteiger charge is 1.96. The molecule has 0 aliphatic rings. The average molecular weight is 163 g/mol. The lowest BCUT2D eigenvalue weighted by molar-refractivity contribution is -0.129. The van der Waals surface area contributed by atoms with Gasteiger partial charge in [0.25, 0.3) is 0 Å². The van der Waals surface area contributed by atoms with Crippen molar-refractivity contribution < 1.29 is 14.3 Å². The molecule has 0 fully saturated rings. The topological polar surface area (TPSA) is 43.4 Å². The first kappa shape index (κ1) is 8.46. The van der Waals surface area contributed by atoms with E-state index in [0.717, 1.165) is 6.29 Å². The first-order valence-electron chi connectivity index (χ1n) is 3.31. The normalized spacial score (nSPS) is 9.08. The summed E-state index contributed by atoms with van der Waals surface area (Å²) in [5, 5.41) is 0.